The summed E-state index contributed by atoms with van der Waals surface area (Å²) in [5.41, 5.74) is 0. The second-order valence-electron chi connectivity index (χ2n) is 19.2. The number of ether oxygens (including phenoxy) is 3. The van der Waals surface area contributed by atoms with Crippen LogP contribution in [0.15, 0.2) is 122 Å². The van der Waals surface area contributed by atoms with Crippen molar-refractivity contribution in [3.8, 4) is 0 Å². The van der Waals surface area contributed by atoms with Gasteiger partial charge in [0.1, 0.15) is 13.2 Å². The van der Waals surface area contributed by atoms with Gasteiger partial charge in [0.15, 0.2) is 6.10 Å². The first-order chi connectivity index (χ1) is 35.5. The highest BCUT2D eigenvalue weighted by Crippen LogP contribution is 2.14. The summed E-state index contributed by atoms with van der Waals surface area (Å²) in [5.74, 6) is -1.02. The number of allylic oxidation sites excluding steroid dienone is 20. The summed E-state index contributed by atoms with van der Waals surface area (Å²) in [7, 11) is 0. The van der Waals surface area contributed by atoms with Crippen LogP contribution in [0.4, 0.5) is 0 Å². The number of rotatable bonds is 52. The van der Waals surface area contributed by atoms with Crippen molar-refractivity contribution in [1.29, 1.82) is 0 Å². The molecule has 6 heteroatoms. The summed E-state index contributed by atoms with van der Waals surface area (Å²) in [6, 6.07) is 0. The average Bonchev–Trinajstić information content (AvgIpc) is 3.38. The molecule has 0 heterocycles. The molecule has 0 aromatic carbocycles. The minimum atomic E-state index is -0.829. The molecule has 0 radical (unpaired) electrons. The molecule has 0 aliphatic rings. The van der Waals surface area contributed by atoms with E-state index in [-0.39, 0.29) is 31.6 Å². The first-order valence-corrected chi connectivity index (χ1v) is 29.5. The van der Waals surface area contributed by atoms with Crippen molar-refractivity contribution in [2.75, 3.05) is 13.2 Å². The molecule has 408 valence electrons. The van der Waals surface area contributed by atoms with E-state index >= 15 is 0 Å². The Balaban J connectivity index is 4.47. The van der Waals surface area contributed by atoms with Crippen LogP contribution < -0.4 is 0 Å². The second-order valence-corrected chi connectivity index (χ2v) is 19.2. The fourth-order valence-electron chi connectivity index (χ4n) is 7.76. The van der Waals surface area contributed by atoms with Crippen molar-refractivity contribution in [2.24, 2.45) is 0 Å². The van der Waals surface area contributed by atoms with Gasteiger partial charge >= 0.3 is 17.9 Å². The van der Waals surface area contributed by atoms with Crippen LogP contribution >= 0.6 is 0 Å². The van der Waals surface area contributed by atoms with Gasteiger partial charge in [0.05, 0.1) is 0 Å². The molecule has 1 atom stereocenters. The van der Waals surface area contributed by atoms with Gasteiger partial charge in [-0.3, -0.25) is 14.4 Å². The Kier molecular flexibility index (Phi) is 55.9. The normalized spacial score (nSPS) is 13.0. The third kappa shape index (κ3) is 56.7. The first kappa shape index (κ1) is 67.8. The molecule has 0 rings (SSSR count). The maximum Gasteiger partial charge on any atom is 0.306 e. The monoisotopic (exact) mass is 997 g/mol. The summed E-state index contributed by atoms with van der Waals surface area (Å²) in [5, 5.41) is 0. The number of unbranched alkanes of at least 4 members (excludes halogenated alkanes) is 21. The van der Waals surface area contributed by atoms with Gasteiger partial charge in [-0.2, -0.15) is 0 Å². The van der Waals surface area contributed by atoms with Crippen molar-refractivity contribution in [1.82, 2.24) is 0 Å². The van der Waals surface area contributed by atoms with Gasteiger partial charge in [0.2, 0.25) is 0 Å². The second kappa shape index (κ2) is 59.4. The van der Waals surface area contributed by atoms with Crippen molar-refractivity contribution < 1.29 is 28.6 Å². The highest BCUT2D eigenvalue weighted by Gasteiger charge is 2.19. The molecule has 0 aromatic heterocycles. The zero-order valence-corrected chi connectivity index (χ0v) is 46.7. The summed E-state index contributed by atoms with van der Waals surface area (Å²) < 4.78 is 16.8. The Morgan fingerprint density at radius 3 is 0.944 bits per heavy atom. The predicted octanol–water partition coefficient (Wildman–Crippen LogP) is 20.0. The van der Waals surface area contributed by atoms with E-state index in [1.807, 2.05) is 12.2 Å². The Morgan fingerprint density at radius 2 is 0.569 bits per heavy atom. The number of esters is 3. The fraction of sp³-hybridized carbons (Fsp3) is 0.652. The van der Waals surface area contributed by atoms with Crippen molar-refractivity contribution in [3.63, 3.8) is 0 Å². The van der Waals surface area contributed by atoms with Crippen LogP contribution in [-0.2, 0) is 28.6 Å². The summed E-state index contributed by atoms with van der Waals surface area (Å²) in [4.78, 5) is 38.1. The highest BCUT2D eigenvalue weighted by molar-refractivity contribution is 5.71. The SMILES string of the molecule is CC/C=C\C/C=C\C/C=C\C/C=C\C/C=C\C/C=C\CCC(=O)OC(COC(=O)CCCCCCC/C=C\CCCCC)COC(=O)CCCCCCCCCC/C=C\C/C=C\C/C=C\CCCCCCC. The molecular formula is C66H108O6. The molecule has 0 spiro atoms. The molecule has 0 amide bonds. The van der Waals surface area contributed by atoms with Crippen LogP contribution in [0.25, 0.3) is 0 Å². The van der Waals surface area contributed by atoms with Gasteiger partial charge < -0.3 is 14.2 Å². The molecule has 0 aliphatic heterocycles. The largest absolute Gasteiger partial charge is 0.462 e. The maximum absolute atomic E-state index is 12.8. The minimum absolute atomic E-state index is 0.117. The van der Waals surface area contributed by atoms with Crippen molar-refractivity contribution in [3.05, 3.63) is 122 Å². The lowest BCUT2D eigenvalue weighted by Crippen LogP contribution is -2.30. The molecule has 0 saturated carbocycles. The molecule has 0 N–H and O–H groups in total. The van der Waals surface area contributed by atoms with E-state index in [1.54, 1.807) is 0 Å². The van der Waals surface area contributed by atoms with E-state index in [0.29, 0.717) is 19.3 Å². The van der Waals surface area contributed by atoms with Gasteiger partial charge in [0, 0.05) is 19.3 Å². The Hall–Kier alpha value is -4.19. The van der Waals surface area contributed by atoms with Crippen molar-refractivity contribution in [2.45, 2.75) is 264 Å². The Morgan fingerprint density at radius 1 is 0.292 bits per heavy atom. The number of hydrogen-bond acceptors (Lipinski definition) is 6. The molecule has 0 aromatic rings. The van der Waals surface area contributed by atoms with Gasteiger partial charge in [-0.25, -0.2) is 0 Å². The van der Waals surface area contributed by atoms with Gasteiger partial charge in [-0.05, 0) is 122 Å². The molecule has 6 nitrogen and oxygen atoms in total. The van der Waals surface area contributed by atoms with Crippen LogP contribution in [0.3, 0.4) is 0 Å². The summed E-state index contributed by atoms with van der Waals surface area (Å²) in [6.45, 7) is 6.41. The van der Waals surface area contributed by atoms with E-state index in [0.717, 1.165) is 109 Å². The highest BCUT2D eigenvalue weighted by atomic mass is 16.6. The zero-order chi connectivity index (χ0) is 52.2. The third-order valence-corrected chi connectivity index (χ3v) is 12.2. The minimum Gasteiger partial charge on any atom is -0.462 e. The molecule has 1 unspecified atom stereocenters. The smallest absolute Gasteiger partial charge is 0.306 e. The van der Waals surface area contributed by atoms with Crippen LogP contribution in [0.2, 0.25) is 0 Å². The molecule has 0 fully saturated rings. The fourth-order valence-corrected chi connectivity index (χ4v) is 7.76. The van der Waals surface area contributed by atoms with Gasteiger partial charge in [0.25, 0.3) is 0 Å². The van der Waals surface area contributed by atoms with E-state index in [4.69, 9.17) is 14.2 Å². The number of hydrogen-bond donors (Lipinski definition) is 0. The lowest BCUT2D eigenvalue weighted by molar-refractivity contribution is -0.166. The van der Waals surface area contributed by atoms with Gasteiger partial charge in [-0.15, -0.1) is 0 Å². The van der Waals surface area contributed by atoms with E-state index in [9.17, 15) is 14.4 Å². The zero-order valence-electron chi connectivity index (χ0n) is 46.7. The van der Waals surface area contributed by atoms with Gasteiger partial charge in [-0.1, -0.05) is 239 Å². The van der Waals surface area contributed by atoms with Crippen LogP contribution in [0.1, 0.15) is 258 Å². The Bertz CT molecular complexity index is 1520. The number of carbonyl (C=O) groups is 3. The van der Waals surface area contributed by atoms with Crippen LogP contribution in [0.5, 0.6) is 0 Å². The molecule has 0 saturated heterocycles. The molecule has 0 bridgehead atoms. The summed E-state index contributed by atoms with van der Waals surface area (Å²) in [6.07, 6.45) is 82.0. The topological polar surface area (TPSA) is 78.9 Å². The van der Waals surface area contributed by atoms with E-state index < -0.39 is 12.1 Å². The Labute approximate surface area is 443 Å². The molecule has 0 aliphatic carbocycles. The van der Waals surface area contributed by atoms with Crippen LogP contribution in [-0.4, -0.2) is 37.2 Å². The third-order valence-electron chi connectivity index (χ3n) is 12.2. The lowest BCUT2D eigenvalue weighted by atomic mass is 10.1. The maximum atomic E-state index is 12.8. The quantitative estimate of drug-likeness (QED) is 0.0261. The van der Waals surface area contributed by atoms with Crippen LogP contribution in [0, 0.1) is 0 Å². The number of carbonyl (C=O) groups excluding carboxylic acids is 3. The standard InChI is InChI=1S/C66H108O6/c1-4-7-10-13-16-19-22-25-27-29-31-32-33-34-36-37-39-41-44-47-50-53-56-59-65(68)71-62-63(61-70-64(67)58-55-52-49-46-43-24-21-18-15-12-9-6-3)72-66(69)60-57-54-51-48-45-42-40-38-35-30-28-26-23-20-17-14-11-8-5-2/h8,11,17-18,20-22,25-26,28-29,31,33-35,38,42,45,51,54,63H,4-7,9-10,12-16,19,23-24,27,30,32,36-37,39-41,43-44,46-50,52-53,55-62H2,1-3H3/b11-8-,20-17-,21-18-,25-22-,28-26-,31-29-,34-33-,38-35-,45-42-,54-51-. The first-order valence-electron chi connectivity index (χ1n) is 29.5. The molecular weight excluding hydrogens is 889 g/mol. The van der Waals surface area contributed by atoms with Crippen molar-refractivity contribution >= 4 is 17.9 Å². The predicted molar refractivity (Wildman–Crippen MR) is 311 cm³/mol. The average molecular weight is 998 g/mol. The molecule has 72 heavy (non-hydrogen) atoms. The lowest BCUT2D eigenvalue weighted by Gasteiger charge is -2.18. The van der Waals surface area contributed by atoms with E-state index in [1.165, 1.54) is 103 Å². The summed E-state index contributed by atoms with van der Waals surface area (Å²) >= 11 is 0. The van der Waals surface area contributed by atoms with E-state index in [2.05, 4.69) is 130 Å².